The molecule has 0 radical (unpaired) electrons. The highest BCUT2D eigenvalue weighted by molar-refractivity contribution is 9.08. The second-order valence-corrected chi connectivity index (χ2v) is 3.05. The number of rotatable bonds is 2. The van der Waals surface area contributed by atoms with E-state index in [2.05, 4.69) is 21.4 Å². The predicted octanol–water partition coefficient (Wildman–Crippen LogP) is 2.52. The molecule has 11 heavy (non-hydrogen) atoms. The first kappa shape index (κ1) is 8.84. The van der Waals surface area contributed by atoms with Crippen LogP contribution < -0.4 is 11.3 Å². The quantitative estimate of drug-likeness (QED) is 0.470. The number of anilines is 1. The van der Waals surface area contributed by atoms with Crippen LogP contribution in [0.15, 0.2) is 18.2 Å². The number of hydrogen-bond donors (Lipinski definition) is 2. The first-order chi connectivity index (χ1) is 5.27. The van der Waals surface area contributed by atoms with E-state index in [1.165, 1.54) is 0 Å². The number of alkyl halides is 1. The molecule has 3 N–H and O–H groups in total. The minimum Gasteiger partial charge on any atom is -0.324 e. The zero-order valence-corrected chi connectivity index (χ0v) is 8.11. The second-order valence-electron chi connectivity index (χ2n) is 2.08. The van der Waals surface area contributed by atoms with Gasteiger partial charge in [-0.05, 0) is 17.7 Å². The van der Waals surface area contributed by atoms with Crippen molar-refractivity contribution in [3.8, 4) is 0 Å². The van der Waals surface area contributed by atoms with Gasteiger partial charge in [0.1, 0.15) is 0 Å². The minimum absolute atomic E-state index is 0.720. The van der Waals surface area contributed by atoms with Gasteiger partial charge in [0.05, 0.1) is 0 Å². The first-order valence-corrected chi connectivity index (χ1v) is 4.59. The van der Waals surface area contributed by atoms with Crippen LogP contribution in [-0.2, 0) is 5.33 Å². The van der Waals surface area contributed by atoms with Crippen LogP contribution in [0, 0.1) is 0 Å². The van der Waals surface area contributed by atoms with Gasteiger partial charge in [-0.15, -0.1) is 0 Å². The Morgan fingerprint density at radius 3 is 2.73 bits per heavy atom. The Labute approximate surface area is 78.8 Å². The first-order valence-electron chi connectivity index (χ1n) is 3.09. The SMILES string of the molecule is NNc1ccc(CBr)c(Cl)c1. The Morgan fingerprint density at radius 2 is 2.27 bits per heavy atom. The summed E-state index contributed by atoms with van der Waals surface area (Å²) in [4.78, 5) is 0. The standard InChI is InChI=1S/C7H8BrClN2/c8-4-5-1-2-6(11-10)3-7(5)9/h1-3,11H,4,10H2. The molecular formula is C7H8BrClN2. The molecule has 0 aromatic heterocycles. The number of hydrogen-bond acceptors (Lipinski definition) is 2. The van der Waals surface area contributed by atoms with Crippen molar-refractivity contribution < 1.29 is 0 Å². The summed E-state index contributed by atoms with van der Waals surface area (Å²) in [5.41, 5.74) is 4.40. The van der Waals surface area contributed by atoms with Crippen LogP contribution in [0.3, 0.4) is 0 Å². The molecule has 0 heterocycles. The van der Waals surface area contributed by atoms with Gasteiger partial charge < -0.3 is 5.43 Å². The fraction of sp³-hybridized carbons (Fsp3) is 0.143. The van der Waals surface area contributed by atoms with Crippen LogP contribution in [0.25, 0.3) is 0 Å². The third-order valence-corrected chi connectivity index (χ3v) is 2.32. The maximum Gasteiger partial charge on any atom is 0.0500 e. The van der Waals surface area contributed by atoms with Crippen molar-refractivity contribution in [3.63, 3.8) is 0 Å². The molecule has 0 aliphatic rings. The average molecular weight is 236 g/mol. The van der Waals surface area contributed by atoms with Gasteiger partial charge in [0.25, 0.3) is 0 Å². The van der Waals surface area contributed by atoms with E-state index in [1.807, 2.05) is 12.1 Å². The van der Waals surface area contributed by atoms with Crippen molar-refractivity contribution in [2.45, 2.75) is 5.33 Å². The summed E-state index contributed by atoms with van der Waals surface area (Å²) in [7, 11) is 0. The highest BCUT2D eigenvalue weighted by Crippen LogP contribution is 2.21. The zero-order valence-electron chi connectivity index (χ0n) is 5.77. The number of halogens is 2. The molecule has 1 aromatic rings. The molecule has 0 unspecified atom stereocenters. The van der Waals surface area contributed by atoms with Gasteiger partial charge in [-0.3, -0.25) is 5.84 Å². The van der Waals surface area contributed by atoms with Crippen molar-refractivity contribution in [1.82, 2.24) is 0 Å². The number of nitrogens with one attached hydrogen (secondary N) is 1. The molecular weight excluding hydrogens is 227 g/mol. The molecule has 1 aromatic carbocycles. The summed E-state index contributed by atoms with van der Waals surface area (Å²) < 4.78 is 0. The number of nitrogen functional groups attached to an aromatic ring is 1. The van der Waals surface area contributed by atoms with E-state index in [9.17, 15) is 0 Å². The Morgan fingerprint density at radius 1 is 1.55 bits per heavy atom. The maximum atomic E-state index is 5.88. The molecule has 2 nitrogen and oxygen atoms in total. The van der Waals surface area contributed by atoms with Crippen molar-refractivity contribution in [2.75, 3.05) is 5.43 Å². The lowest BCUT2D eigenvalue weighted by Gasteiger charge is -2.02. The highest BCUT2D eigenvalue weighted by Gasteiger charge is 1.98. The number of nitrogens with two attached hydrogens (primary N) is 1. The summed E-state index contributed by atoms with van der Waals surface area (Å²) in [6, 6.07) is 5.59. The van der Waals surface area contributed by atoms with Gasteiger partial charge in [-0.25, -0.2) is 0 Å². The molecule has 0 aliphatic heterocycles. The van der Waals surface area contributed by atoms with Gasteiger partial charge in [0.15, 0.2) is 0 Å². The largest absolute Gasteiger partial charge is 0.324 e. The van der Waals surface area contributed by atoms with Crippen LogP contribution in [0.1, 0.15) is 5.56 Å². The number of benzene rings is 1. The number of hydrazine groups is 1. The lowest BCUT2D eigenvalue weighted by molar-refractivity contribution is 1.33. The van der Waals surface area contributed by atoms with Crippen LogP contribution >= 0.6 is 27.5 Å². The summed E-state index contributed by atoms with van der Waals surface area (Å²) in [6.45, 7) is 0. The van der Waals surface area contributed by atoms with Crippen LogP contribution in [0.4, 0.5) is 5.69 Å². The third-order valence-electron chi connectivity index (χ3n) is 1.36. The van der Waals surface area contributed by atoms with E-state index < -0.39 is 0 Å². The molecule has 0 spiro atoms. The minimum atomic E-state index is 0.720. The van der Waals surface area contributed by atoms with Gasteiger partial charge in [0.2, 0.25) is 0 Å². The van der Waals surface area contributed by atoms with E-state index in [0.717, 1.165) is 21.6 Å². The highest BCUT2D eigenvalue weighted by atomic mass is 79.9. The van der Waals surface area contributed by atoms with Crippen LogP contribution in [0.2, 0.25) is 5.02 Å². The normalized spacial score (nSPS) is 9.73. The van der Waals surface area contributed by atoms with Gasteiger partial charge in [-0.2, -0.15) is 0 Å². The molecule has 0 atom stereocenters. The summed E-state index contributed by atoms with van der Waals surface area (Å²) in [5, 5.41) is 1.48. The second kappa shape index (κ2) is 3.95. The molecule has 0 amide bonds. The summed E-state index contributed by atoms with van der Waals surface area (Å²) in [5.74, 6) is 5.19. The topological polar surface area (TPSA) is 38.0 Å². The molecule has 0 aliphatic carbocycles. The zero-order chi connectivity index (χ0) is 8.27. The molecule has 0 saturated heterocycles. The monoisotopic (exact) mass is 234 g/mol. The smallest absolute Gasteiger partial charge is 0.0500 e. The van der Waals surface area contributed by atoms with E-state index in [0.29, 0.717) is 0 Å². The Balaban J connectivity index is 2.99. The predicted molar refractivity (Wildman–Crippen MR) is 51.9 cm³/mol. The third kappa shape index (κ3) is 2.09. The van der Waals surface area contributed by atoms with Crippen LogP contribution in [-0.4, -0.2) is 0 Å². The van der Waals surface area contributed by atoms with E-state index in [1.54, 1.807) is 6.07 Å². The fourth-order valence-electron chi connectivity index (χ4n) is 0.745. The summed E-state index contributed by atoms with van der Waals surface area (Å²) >= 11 is 9.20. The van der Waals surface area contributed by atoms with Crippen molar-refractivity contribution in [2.24, 2.45) is 5.84 Å². The van der Waals surface area contributed by atoms with Crippen molar-refractivity contribution in [1.29, 1.82) is 0 Å². The fourth-order valence-corrected chi connectivity index (χ4v) is 1.64. The van der Waals surface area contributed by atoms with Crippen molar-refractivity contribution >= 4 is 33.2 Å². The maximum absolute atomic E-state index is 5.88. The van der Waals surface area contributed by atoms with Crippen molar-refractivity contribution in [3.05, 3.63) is 28.8 Å². The molecule has 4 heteroatoms. The van der Waals surface area contributed by atoms with E-state index >= 15 is 0 Å². The average Bonchev–Trinajstić information content (AvgIpc) is 2.04. The molecule has 0 bridgehead atoms. The van der Waals surface area contributed by atoms with Crippen LogP contribution in [0.5, 0.6) is 0 Å². The molecule has 60 valence electrons. The van der Waals surface area contributed by atoms with E-state index in [-0.39, 0.29) is 0 Å². The molecule has 0 fully saturated rings. The molecule has 0 saturated carbocycles. The Kier molecular flexibility index (Phi) is 3.17. The van der Waals surface area contributed by atoms with Gasteiger partial charge in [-0.1, -0.05) is 33.6 Å². The lowest BCUT2D eigenvalue weighted by Crippen LogP contribution is -2.06. The summed E-state index contributed by atoms with van der Waals surface area (Å²) in [6.07, 6.45) is 0. The Hall–Kier alpha value is -0.250. The van der Waals surface area contributed by atoms with E-state index in [4.69, 9.17) is 17.4 Å². The molecule has 1 rings (SSSR count). The Bertz CT molecular complexity index is 252. The van der Waals surface area contributed by atoms with Gasteiger partial charge >= 0.3 is 0 Å². The van der Waals surface area contributed by atoms with Gasteiger partial charge in [0, 0.05) is 16.0 Å². The lowest BCUT2D eigenvalue weighted by atomic mass is 10.2.